The van der Waals surface area contributed by atoms with Gasteiger partial charge in [-0.25, -0.2) is 4.79 Å². The molecule has 0 saturated carbocycles. The van der Waals surface area contributed by atoms with Crippen molar-refractivity contribution in [2.75, 3.05) is 20.2 Å². The van der Waals surface area contributed by atoms with Gasteiger partial charge in [-0.3, -0.25) is 9.88 Å². The highest BCUT2D eigenvalue weighted by Gasteiger charge is 2.42. The number of methoxy groups -OCH3 is 1. The van der Waals surface area contributed by atoms with Crippen molar-refractivity contribution in [1.82, 2.24) is 9.88 Å². The Labute approximate surface area is 221 Å². The molecule has 7 heteroatoms. The Morgan fingerprint density at radius 1 is 1.16 bits per heavy atom. The number of ether oxygens (including phenoxy) is 1. The number of benzene rings is 3. The molecule has 0 aliphatic carbocycles. The summed E-state index contributed by atoms with van der Waals surface area (Å²) in [6, 6.07) is 18.1. The summed E-state index contributed by atoms with van der Waals surface area (Å²) in [7, 11) is 1.66. The maximum Gasteiger partial charge on any atom is 0.340 e. The number of nitrogens with zero attached hydrogens (tertiary/aromatic N) is 2. The number of piperidine rings is 3. The van der Waals surface area contributed by atoms with Gasteiger partial charge in [0.05, 0.1) is 18.7 Å². The van der Waals surface area contributed by atoms with E-state index < -0.39 is 12.1 Å². The fourth-order valence-corrected chi connectivity index (χ4v) is 5.93. The molecule has 3 saturated heterocycles. The summed E-state index contributed by atoms with van der Waals surface area (Å²) >= 11 is 0. The van der Waals surface area contributed by atoms with Crippen LogP contribution in [0.15, 0.2) is 79.5 Å². The van der Waals surface area contributed by atoms with Crippen LogP contribution in [0, 0.1) is 11.8 Å². The van der Waals surface area contributed by atoms with Crippen molar-refractivity contribution in [3.8, 4) is 11.5 Å². The number of hydrogen-bond donors (Lipinski definition) is 3. The minimum absolute atomic E-state index is 0.0388. The van der Waals surface area contributed by atoms with Crippen molar-refractivity contribution >= 4 is 27.6 Å². The number of aromatic carboxylic acids is 1. The lowest BCUT2D eigenvalue weighted by molar-refractivity contribution is -0.0444. The highest BCUT2D eigenvalue weighted by atomic mass is 16.5. The van der Waals surface area contributed by atoms with Crippen LogP contribution in [-0.4, -0.2) is 57.4 Å². The van der Waals surface area contributed by atoms with Crippen LogP contribution < -0.4 is 4.74 Å². The van der Waals surface area contributed by atoms with E-state index in [2.05, 4.69) is 22.5 Å². The number of carboxylic acids is 1. The average molecular weight is 513 g/mol. The molecule has 3 aliphatic heterocycles. The fourth-order valence-electron chi connectivity index (χ4n) is 5.93. The molecule has 3 aromatic carbocycles. The quantitative estimate of drug-likeness (QED) is 0.307. The molecule has 0 spiro atoms. The number of rotatable bonds is 5. The summed E-state index contributed by atoms with van der Waals surface area (Å²) in [5.74, 6) is 0.697. The smallest absolute Gasteiger partial charge is 0.340 e. The lowest BCUT2D eigenvalue weighted by Gasteiger charge is -2.50. The minimum Gasteiger partial charge on any atom is -0.507 e. The van der Waals surface area contributed by atoms with Crippen molar-refractivity contribution in [2.45, 2.75) is 25.0 Å². The molecule has 3 aliphatic rings. The number of aromatic nitrogens is 1. The Hall–Kier alpha value is -3.94. The van der Waals surface area contributed by atoms with Gasteiger partial charge in [0.15, 0.2) is 0 Å². The second-order valence-electron chi connectivity index (χ2n) is 9.96. The van der Waals surface area contributed by atoms with Crippen LogP contribution in [-0.2, 0) is 0 Å². The lowest BCUT2D eigenvalue weighted by Crippen LogP contribution is -2.54. The second-order valence-corrected chi connectivity index (χ2v) is 9.96. The predicted molar refractivity (Wildman–Crippen MR) is 148 cm³/mol. The third-order valence-electron chi connectivity index (χ3n) is 7.94. The number of carboxylic acid groups (broad SMARTS) is 1. The Morgan fingerprint density at radius 3 is 2.68 bits per heavy atom. The molecule has 5 atom stereocenters. The van der Waals surface area contributed by atoms with E-state index in [0.717, 1.165) is 47.1 Å². The number of aliphatic hydroxyl groups excluding tert-OH is 1. The summed E-state index contributed by atoms with van der Waals surface area (Å²) in [5.41, 5.74) is 1.81. The molecule has 7 rings (SSSR count). The van der Waals surface area contributed by atoms with Gasteiger partial charge in [0.1, 0.15) is 17.1 Å². The van der Waals surface area contributed by atoms with Crippen LogP contribution in [0.25, 0.3) is 21.7 Å². The number of aromatic hydroxyl groups is 1. The van der Waals surface area contributed by atoms with Crippen molar-refractivity contribution in [1.29, 1.82) is 0 Å². The Balaban J connectivity index is 0.000000179. The van der Waals surface area contributed by atoms with E-state index >= 15 is 0 Å². The molecule has 4 heterocycles. The van der Waals surface area contributed by atoms with Crippen LogP contribution in [0.1, 0.15) is 34.9 Å². The zero-order chi connectivity index (χ0) is 26.8. The van der Waals surface area contributed by atoms with Gasteiger partial charge in [-0.15, -0.1) is 6.58 Å². The molecule has 2 bridgehead atoms. The topological polar surface area (TPSA) is 103 Å². The molecule has 1 aromatic heterocycles. The third-order valence-corrected chi connectivity index (χ3v) is 7.94. The fraction of sp³-hybridized carbons (Fsp3) is 0.290. The van der Waals surface area contributed by atoms with E-state index in [1.807, 2.05) is 30.3 Å². The molecular weight excluding hydrogens is 480 g/mol. The van der Waals surface area contributed by atoms with Crippen LogP contribution in [0.2, 0.25) is 0 Å². The van der Waals surface area contributed by atoms with Gasteiger partial charge in [-0.1, -0.05) is 36.4 Å². The first-order valence-corrected chi connectivity index (χ1v) is 12.8. The van der Waals surface area contributed by atoms with Crippen LogP contribution in [0.3, 0.4) is 0 Å². The Bertz CT molecular complexity index is 1490. The first kappa shape index (κ1) is 25.7. The maximum atomic E-state index is 11.2. The number of aliphatic hydroxyl groups is 1. The van der Waals surface area contributed by atoms with Crippen molar-refractivity contribution in [2.24, 2.45) is 11.8 Å². The van der Waals surface area contributed by atoms with Gasteiger partial charge >= 0.3 is 5.97 Å². The van der Waals surface area contributed by atoms with E-state index in [1.54, 1.807) is 37.6 Å². The highest BCUT2D eigenvalue weighted by molar-refractivity contribution is 6.06. The van der Waals surface area contributed by atoms with E-state index in [0.29, 0.717) is 17.2 Å². The van der Waals surface area contributed by atoms with Crippen LogP contribution >= 0.6 is 0 Å². The van der Waals surface area contributed by atoms with Crippen LogP contribution in [0.5, 0.6) is 11.5 Å². The standard InChI is InChI=1S/C20H24N2O2.C11H8O3/c1-3-13-12-22-9-7-14(13)10-19(22)20(23)16-6-8-21-18-5-4-15(24-2)11-17(16)18;12-9-6-5-7-3-1-2-4-8(7)10(9)11(13)14/h3-6,8,11,13-14,19-20,23H,1,7,9-10,12H2,2H3;1-6,12H,(H,13,14)/t13-,14?,19-,20-;/m1./s1. The second kappa shape index (κ2) is 10.8. The molecule has 2 unspecified atom stereocenters. The molecule has 7 nitrogen and oxygen atoms in total. The molecule has 4 aromatic rings. The van der Waals surface area contributed by atoms with E-state index in [4.69, 9.17) is 9.84 Å². The van der Waals surface area contributed by atoms with Gasteiger partial charge in [-0.05, 0) is 77.9 Å². The highest BCUT2D eigenvalue weighted by Crippen LogP contribution is 2.42. The number of pyridine rings is 1. The summed E-state index contributed by atoms with van der Waals surface area (Å²) in [6.07, 6.45) is 5.62. The largest absolute Gasteiger partial charge is 0.507 e. The zero-order valence-electron chi connectivity index (χ0n) is 21.3. The van der Waals surface area contributed by atoms with Gasteiger partial charge in [-0.2, -0.15) is 0 Å². The van der Waals surface area contributed by atoms with Gasteiger partial charge in [0.2, 0.25) is 0 Å². The van der Waals surface area contributed by atoms with Gasteiger partial charge < -0.3 is 20.1 Å². The first-order chi connectivity index (χ1) is 18.4. The molecule has 0 amide bonds. The number of carbonyl (C=O) groups is 1. The normalized spacial score (nSPS) is 22.9. The van der Waals surface area contributed by atoms with Crippen molar-refractivity contribution < 1.29 is 24.9 Å². The Morgan fingerprint density at radius 2 is 1.97 bits per heavy atom. The number of hydrogen-bond acceptors (Lipinski definition) is 6. The molecule has 38 heavy (non-hydrogen) atoms. The van der Waals surface area contributed by atoms with Crippen molar-refractivity contribution in [3.63, 3.8) is 0 Å². The van der Waals surface area contributed by atoms with Gasteiger partial charge in [0, 0.05) is 24.2 Å². The first-order valence-electron chi connectivity index (χ1n) is 12.8. The number of fused-ring (bicyclic) bond motifs is 5. The van der Waals surface area contributed by atoms with E-state index in [9.17, 15) is 15.0 Å². The molecular formula is C31H32N2O5. The third kappa shape index (κ3) is 4.83. The molecule has 3 N–H and O–H groups in total. The molecule has 3 fully saturated rings. The molecule has 0 radical (unpaired) electrons. The summed E-state index contributed by atoms with van der Waals surface area (Å²) in [5, 5.41) is 31.8. The predicted octanol–water partition coefficient (Wildman–Crippen LogP) is 5.42. The average Bonchev–Trinajstić information content (AvgIpc) is 2.96. The summed E-state index contributed by atoms with van der Waals surface area (Å²) < 4.78 is 5.35. The monoisotopic (exact) mass is 512 g/mol. The minimum atomic E-state index is -1.11. The van der Waals surface area contributed by atoms with Gasteiger partial charge in [0.25, 0.3) is 0 Å². The molecule has 196 valence electrons. The lowest BCUT2D eigenvalue weighted by atomic mass is 9.73. The Kier molecular flexibility index (Phi) is 7.31. The SMILES string of the molecule is C=C[C@@H]1CN2CCC1C[C@@H]2[C@H](O)c1ccnc2ccc(OC)cc12.O=C(O)c1c(O)ccc2ccccc12. The summed E-state index contributed by atoms with van der Waals surface area (Å²) in [4.78, 5) is 17.7. The van der Waals surface area contributed by atoms with E-state index in [-0.39, 0.29) is 17.4 Å². The maximum absolute atomic E-state index is 11.2. The van der Waals surface area contributed by atoms with Crippen molar-refractivity contribution in [3.05, 3.63) is 90.6 Å². The van der Waals surface area contributed by atoms with Crippen LogP contribution in [0.4, 0.5) is 0 Å². The summed E-state index contributed by atoms with van der Waals surface area (Å²) in [6.45, 7) is 6.07. The zero-order valence-corrected chi connectivity index (χ0v) is 21.3. The number of phenols is 1. The van der Waals surface area contributed by atoms with E-state index in [1.165, 1.54) is 12.5 Å².